The number of hydrogen-bond donors (Lipinski definition) is 1. The maximum atomic E-state index is 3.57. The molecule has 1 fully saturated rings. The van der Waals surface area contributed by atoms with E-state index in [1.165, 1.54) is 39.0 Å². The van der Waals surface area contributed by atoms with E-state index in [1.807, 2.05) is 0 Å². The van der Waals surface area contributed by atoms with Gasteiger partial charge in [0.1, 0.15) is 0 Å². The van der Waals surface area contributed by atoms with Crippen LogP contribution in [0.15, 0.2) is 0 Å². The van der Waals surface area contributed by atoms with Crippen LogP contribution in [0.25, 0.3) is 0 Å². The Bertz CT molecular complexity index is 136. The molecule has 0 aliphatic carbocycles. The van der Waals surface area contributed by atoms with Gasteiger partial charge < -0.3 is 10.2 Å². The number of nitrogens with one attached hydrogen (secondary N) is 1. The molecular formula is C11H24N2. The third kappa shape index (κ3) is 4.10. The maximum Gasteiger partial charge on any atom is 0.00510 e. The van der Waals surface area contributed by atoms with Gasteiger partial charge in [-0.15, -0.1) is 0 Å². The van der Waals surface area contributed by atoms with Crippen molar-refractivity contribution in [1.82, 2.24) is 10.2 Å². The quantitative estimate of drug-likeness (QED) is 0.703. The van der Waals surface area contributed by atoms with Crippen molar-refractivity contribution >= 4 is 0 Å². The highest BCUT2D eigenvalue weighted by molar-refractivity contribution is 4.73. The number of hydrogen-bond acceptors (Lipinski definition) is 2. The van der Waals surface area contributed by atoms with Crippen LogP contribution in [-0.4, -0.2) is 37.1 Å². The standard InChI is InChI=1S/C11H24N2/c1-4-6-13-7-5-11(3)12-8-10(2)9-13/h10-12H,4-9H2,1-3H3. The molecule has 0 radical (unpaired) electrons. The molecule has 1 N–H and O–H groups in total. The molecule has 2 atom stereocenters. The molecule has 1 aliphatic heterocycles. The maximum absolute atomic E-state index is 3.57. The highest BCUT2D eigenvalue weighted by atomic mass is 15.1. The molecule has 0 aromatic carbocycles. The molecule has 0 saturated carbocycles. The lowest BCUT2D eigenvalue weighted by Crippen LogP contribution is -2.42. The van der Waals surface area contributed by atoms with Crippen molar-refractivity contribution in [2.75, 3.05) is 26.2 Å². The molecular weight excluding hydrogens is 160 g/mol. The second-order valence-corrected chi connectivity index (χ2v) is 4.50. The minimum Gasteiger partial charge on any atom is -0.314 e. The van der Waals surface area contributed by atoms with Crippen molar-refractivity contribution in [2.24, 2.45) is 5.92 Å². The van der Waals surface area contributed by atoms with Gasteiger partial charge in [-0.3, -0.25) is 0 Å². The minimum atomic E-state index is 0.696. The Morgan fingerprint density at radius 1 is 1.38 bits per heavy atom. The van der Waals surface area contributed by atoms with E-state index in [0.717, 1.165) is 5.92 Å². The number of nitrogens with zero attached hydrogens (tertiary/aromatic N) is 1. The molecule has 1 saturated heterocycles. The van der Waals surface area contributed by atoms with E-state index in [4.69, 9.17) is 0 Å². The second kappa shape index (κ2) is 5.61. The highest BCUT2D eigenvalue weighted by Gasteiger charge is 2.15. The van der Waals surface area contributed by atoms with E-state index in [1.54, 1.807) is 0 Å². The summed E-state index contributed by atoms with van der Waals surface area (Å²) in [5.74, 6) is 0.800. The summed E-state index contributed by atoms with van der Waals surface area (Å²) in [7, 11) is 0. The monoisotopic (exact) mass is 184 g/mol. The van der Waals surface area contributed by atoms with E-state index in [2.05, 4.69) is 31.0 Å². The molecule has 2 unspecified atom stereocenters. The first-order chi connectivity index (χ1) is 6.22. The fourth-order valence-corrected chi connectivity index (χ4v) is 2.00. The van der Waals surface area contributed by atoms with Crippen LogP contribution in [0.3, 0.4) is 0 Å². The Hall–Kier alpha value is -0.0800. The molecule has 1 aliphatic rings. The summed E-state index contributed by atoms with van der Waals surface area (Å²) < 4.78 is 0. The summed E-state index contributed by atoms with van der Waals surface area (Å²) in [5.41, 5.74) is 0. The van der Waals surface area contributed by atoms with E-state index in [9.17, 15) is 0 Å². The first kappa shape index (κ1) is 11.0. The van der Waals surface area contributed by atoms with Gasteiger partial charge in [0, 0.05) is 12.6 Å². The lowest BCUT2D eigenvalue weighted by atomic mass is 10.1. The third-order valence-corrected chi connectivity index (χ3v) is 2.80. The van der Waals surface area contributed by atoms with Crippen molar-refractivity contribution in [2.45, 2.75) is 39.7 Å². The Kier molecular flexibility index (Phi) is 4.74. The van der Waals surface area contributed by atoms with Crippen molar-refractivity contribution in [1.29, 1.82) is 0 Å². The number of rotatable bonds is 2. The van der Waals surface area contributed by atoms with E-state index in [-0.39, 0.29) is 0 Å². The zero-order valence-electron chi connectivity index (χ0n) is 9.34. The van der Waals surface area contributed by atoms with Crippen molar-refractivity contribution < 1.29 is 0 Å². The summed E-state index contributed by atoms with van der Waals surface area (Å²) >= 11 is 0. The van der Waals surface area contributed by atoms with Crippen LogP contribution in [0.4, 0.5) is 0 Å². The van der Waals surface area contributed by atoms with Gasteiger partial charge in [-0.25, -0.2) is 0 Å². The molecule has 0 bridgehead atoms. The molecule has 78 valence electrons. The van der Waals surface area contributed by atoms with Gasteiger partial charge in [-0.05, 0) is 45.3 Å². The normalized spacial score (nSPS) is 32.5. The molecule has 0 amide bonds. The Labute approximate surface area is 82.7 Å². The third-order valence-electron chi connectivity index (χ3n) is 2.80. The van der Waals surface area contributed by atoms with Crippen LogP contribution in [-0.2, 0) is 0 Å². The first-order valence-electron chi connectivity index (χ1n) is 5.68. The van der Waals surface area contributed by atoms with Gasteiger partial charge >= 0.3 is 0 Å². The summed E-state index contributed by atoms with van der Waals surface area (Å²) in [6.07, 6.45) is 2.58. The topological polar surface area (TPSA) is 15.3 Å². The SMILES string of the molecule is CCCN1CCC(C)NCC(C)C1. The summed E-state index contributed by atoms with van der Waals surface area (Å²) in [6.45, 7) is 11.9. The molecule has 1 heterocycles. The zero-order valence-corrected chi connectivity index (χ0v) is 9.34. The van der Waals surface area contributed by atoms with Crippen LogP contribution in [0.2, 0.25) is 0 Å². The van der Waals surface area contributed by atoms with Crippen LogP contribution in [0.5, 0.6) is 0 Å². The first-order valence-corrected chi connectivity index (χ1v) is 5.68. The average molecular weight is 184 g/mol. The van der Waals surface area contributed by atoms with Gasteiger partial charge in [-0.1, -0.05) is 13.8 Å². The Balaban J connectivity index is 2.36. The van der Waals surface area contributed by atoms with Crippen LogP contribution in [0.1, 0.15) is 33.6 Å². The predicted octanol–water partition coefficient (Wildman–Crippen LogP) is 1.72. The van der Waals surface area contributed by atoms with Gasteiger partial charge in [0.05, 0.1) is 0 Å². The fraction of sp³-hybridized carbons (Fsp3) is 1.00. The van der Waals surface area contributed by atoms with E-state index in [0.29, 0.717) is 6.04 Å². The van der Waals surface area contributed by atoms with E-state index < -0.39 is 0 Å². The van der Waals surface area contributed by atoms with Gasteiger partial charge in [0.2, 0.25) is 0 Å². The zero-order chi connectivity index (χ0) is 9.68. The molecule has 1 rings (SSSR count). The lowest BCUT2D eigenvalue weighted by molar-refractivity contribution is 0.202. The van der Waals surface area contributed by atoms with Gasteiger partial charge in [0.25, 0.3) is 0 Å². The molecule has 0 aromatic rings. The van der Waals surface area contributed by atoms with Gasteiger partial charge in [0.15, 0.2) is 0 Å². The van der Waals surface area contributed by atoms with Crippen LogP contribution >= 0.6 is 0 Å². The fourth-order valence-electron chi connectivity index (χ4n) is 2.00. The molecule has 2 nitrogen and oxygen atoms in total. The van der Waals surface area contributed by atoms with Crippen LogP contribution in [0, 0.1) is 5.92 Å². The molecule has 13 heavy (non-hydrogen) atoms. The average Bonchev–Trinajstić information content (AvgIpc) is 2.09. The predicted molar refractivity (Wildman–Crippen MR) is 58.0 cm³/mol. The Morgan fingerprint density at radius 3 is 2.85 bits per heavy atom. The lowest BCUT2D eigenvalue weighted by Gasteiger charge is -2.30. The van der Waals surface area contributed by atoms with E-state index >= 15 is 0 Å². The van der Waals surface area contributed by atoms with Gasteiger partial charge in [-0.2, -0.15) is 0 Å². The molecule has 0 aromatic heterocycles. The highest BCUT2D eigenvalue weighted by Crippen LogP contribution is 2.06. The van der Waals surface area contributed by atoms with Crippen LogP contribution < -0.4 is 5.32 Å². The largest absolute Gasteiger partial charge is 0.314 e. The summed E-state index contributed by atoms with van der Waals surface area (Å²) in [6, 6.07) is 0.696. The smallest absolute Gasteiger partial charge is 0.00510 e. The summed E-state index contributed by atoms with van der Waals surface area (Å²) in [4.78, 5) is 2.61. The van der Waals surface area contributed by atoms with Crippen molar-refractivity contribution in [3.63, 3.8) is 0 Å². The van der Waals surface area contributed by atoms with Crippen molar-refractivity contribution in [3.8, 4) is 0 Å². The minimum absolute atomic E-state index is 0.696. The second-order valence-electron chi connectivity index (χ2n) is 4.50. The molecule has 0 spiro atoms. The Morgan fingerprint density at radius 2 is 2.15 bits per heavy atom. The molecule has 2 heteroatoms. The van der Waals surface area contributed by atoms with Crippen molar-refractivity contribution in [3.05, 3.63) is 0 Å². The summed E-state index contributed by atoms with van der Waals surface area (Å²) in [5, 5.41) is 3.57.